The molecule has 3 rings (SSSR count). The van der Waals surface area contributed by atoms with E-state index < -0.39 is 18.4 Å². The van der Waals surface area contributed by atoms with E-state index in [2.05, 4.69) is 41.7 Å². The third kappa shape index (κ3) is 2.53. The van der Waals surface area contributed by atoms with Crippen LogP contribution in [-0.2, 0) is 9.47 Å². The molecule has 1 unspecified atom stereocenters. The van der Waals surface area contributed by atoms with Crippen LogP contribution in [0.1, 0.15) is 46.5 Å². The normalized spacial score (nSPS) is 42.2. The van der Waals surface area contributed by atoms with Gasteiger partial charge in [-0.05, 0) is 0 Å². The van der Waals surface area contributed by atoms with Gasteiger partial charge < -0.3 is 0 Å². The van der Waals surface area contributed by atoms with Crippen molar-refractivity contribution in [1.82, 2.24) is 0 Å². The van der Waals surface area contributed by atoms with Gasteiger partial charge in [0.25, 0.3) is 0 Å². The molecule has 0 N–H and O–H groups in total. The Hall–Kier alpha value is 0.459. The SMILES string of the molecule is CC1(C)[C@@H]2C[C@@H](OC3CCCCO3)[C@@]1(C)C=[C]2[Sn]([CH3])([CH3])[CH3]. The minimum absolute atomic E-state index is 0.0470. The maximum absolute atomic E-state index is 6.44. The van der Waals surface area contributed by atoms with Crippen LogP contribution >= 0.6 is 0 Å². The van der Waals surface area contributed by atoms with Crippen LogP contribution in [0, 0.1) is 16.7 Å². The van der Waals surface area contributed by atoms with Gasteiger partial charge in [0.2, 0.25) is 0 Å². The second-order valence-corrected chi connectivity index (χ2v) is 23.6. The molecule has 2 bridgehead atoms. The van der Waals surface area contributed by atoms with Crippen LogP contribution in [0.4, 0.5) is 0 Å². The van der Waals surface area contributed by atoms with Crippen LogP contribution in [0.2, 0.25) is 14.8 Å². The van der Waals surface area contributed by atoms with Crippen LogP contribution in [-0.4, -0.2) is 37.4 Å². The van der Waals surface area contributed by atoms with Crippen molar-refractivity contribution in [3.63, 3.8) is 0 Å². The summed E-state index contributed by atoms with van der Waals surface area (Å²) >= 11 is -1.98. The van der Waals surface area contributed by atoms with E-state index in [0.29, 0.717) is 11.5 Å². The molecule has 2 nitrogen and oxygen atoms in total. The van der Waals surface area contributed by atoms with E-state index in [0.717, 1.165) is 18.9 Å². The van der Waals surface area contributed by atoms with E-state index in [9.17, 15) is 0 Å². The summed E-state index contributed by atoms with van der Waals surface area (Å²) in [5, 5.41) is 0. The average Bonchev–Trinajstić information content (AvgIpc) is 2.70. The molecule has 120 valence electrons. The van der Waals surface area contributed by atoms with Gasteiger partial charge in [-0.1, -0.05) is 0 Å². The molecule has 1 saturated carbocycles. The fourth-order valence-electron chi connectivity index (χ4n) is 4.70. The fourth-order valence-corrected chi connectivity index (χ4v) is 11.1. The Balaban J connectivity index is 1.82. The second kappa shape index (κ2) is 5.24. The summed E-state index contributed by atoms with van der Waals surface area (Å²) in [5.41, 5.74) is 0.532. The zero-order chi connectivity index (χ0) is 15.5. The zero-order valence-electron chi connectivity index (χ0n) is 14.7. The molecule has 1 aliphatic heterocycles. The first kappa shape index (κ1) is 16.3. The van der Waals surface area contributed by atoms with Crippen molar-refractivity contribution in [2.45, 2.75) is 73.7 Å². The molecule has 3 aliphatic rings. The van der Waals surface area contributed by atoms with E-state index in [-0.39, 0.29) is 11.7 Å². The average molecular weight is 399 g/mol. The molecule has 1 heterocycles. The molecule has 4 atom stereocenters. The third-order valence-corrected chi connectivity index (χ3v) is 12.9. The van der Waals surface area contributed by atoms with E-state index in [1.165, 1.54) is 19.3 Å². The predicted octanol–water partition coefficient (Wildman–Crippen LogP) is 4.77. The minimum atomic E-state index is -1.98. The van der Waals surface area contributed by atoms with Crippen LogP contribution in [0.5, 0.6) is 0 Å². The second-order valence-electron chi connectivity index (χ2n) is 9.06. The van der Waals surface area contributed by atoms with Gasteiger partial charge in [0.1, 0.15) is 0 Å². The van der Waals surface area contributed by atoms with Gasteiger partial charge in [0, 0.05) is 0 Å². The van der Waals surface area contributed by atoms with Crippen molar-refractivity contribution in [3.05, 3.63) is 9.67 Å². The summed E-state index contributed by atoms with van der Waals surface area (Å²) in [5.74, 6) is 0.742. The summed E-state index contributed by atoms with van der Waals surface area (Å²) in [6.07, 6.45) is 7.77. The topological polar surface area (TPSA) is 18.5 Å². The van der Waals surface area contributed by atoms with Gasteiger partial charge in [-0.25, -0.2) is 0 Å². The summed E-state index contributed by atoms with van der Waals surface area (Å²) in [4.78, 5) is 7.67. The number of fused-ring (bicyclic) bond motifs is 2. The number of allylic oxidation sites excluding steroid dienone is 1. The molecule has 0 aromatic rings. The molecule has 0 spiro atoms. The van der Waals surface area contributed by atoms with Gasteiger partial charge in [-0.2, -0.15) is 0 Å². The van der Waals surface area contributed by atoms with Crippen molar-refractivity contribution >= 4 is 18.4 Å². The molecule has 1 saturated heterocycles. The molecule has 2 aliphatic carbocycles. The molecule has 0 amide bonds. The first-order valence-electron chi connectivity index (χ1n) is 8.66. The Morgan fingerprint density at radius 1 is 1.19 bits per heavy atom. The summed E-state index contributed by atoms with van der Waals surface area (Å²) in [6.45, 7) is 8.24. The molecular formula is C18H32O2Sn. The van der Waals surface area contributed by atoms with Gasteiger partial charge in [-0.3, -0.25) is 0 Å². The Morgan fingerprint density at radius 2 is 1.90 bits per heavy atom. The Morgan fingerprint density at radius 3 is 2.38 bits per heavy atom. The summed E-state index contributed by atoms with van der Waals surface area (Å²) < 4.78 is 14.1. The molecule has 0 aromatic heterocycles. The molecule has 0 radical (unpaired) electrons. The van der Waals surface area contributed by atoms with Crippen molar-refractivity contribution in [3.8, 4) is 0 Å². The molecule has 3 heteroatoms. The third-order valence-electron chi connectivity index (χ3n) is 6.53. The molecule has 21 heavy (non-hydrogen) atoms. The maximum atomic E-state index is 6.44. The van der Waals surface area contributed by atoms with Crippen LogP contribution in [0.25, 0.3) is 0 Å². The Labute approximate surface area is 134 Å². The van der Waals surface area contributed by atoms with Gasteiger partial charge in [0.15, 0.2) is 0 Å². The molecule has 0 aromatic carbocycles. The van der Waals surface area contributed by atoms with E-state index >= 15 is 0 Å². The number of hydrogen-bond donors (Lipinski definition) is 0. The van der Waals surface area contributed by atoms with Crippen molar-refractivity contribution in [1.29, 1.82) is 0 Å². The van der Waals surface area contributed by atoms with E-state index in [4.69, 9.17) is 9.47 Å². The van der Waals surface area contributed by atoms with Crippen LogP contribution in [0.15, 0.2) is 9.67 Å². The molecular weight excluding hydrogens is 367 g/mol. The Kier molecular flexibility index (Phi) is 4.07. The summed E-state index contributed by atoms with van der Waals surface area (Å²) in [7, 11) is 0. The van der Waals surface area contributed by atoms with Crippen LogP contribution in [0.3, 0.4) is 0 Å². The number of hydrogen-bond acceptors (Lipinski definition) is 2. The monoisotopic (exact) mass is 400 g/mol. The van der Waals surface area contributed by atoms with Crippen molar-refractivity contribution in [2.24, 2.45) is 16.7 Å². The van der Waals surface area contributed by atoms with E-state index in [1.54, 1.807) is 0 Å². The Bertz CT molecular complexity index is 443. The summed E-state index contributed by atoms with van der Waals surface area (Å²) in [6, 6.07) is 0. The van der Waals surface area contributed by atoms with Gasteiger partial charge >= 0.3 is 135 Å². The van der Waals surface area contributed by atoms with E-state index in [1.807, 2.05) is 3.59 Å². The fraction of sp³-hybridized carbons (Fsp3) is 0.889. The zero-order valence-corrected chi connectivity index (χ0v) is 17.5. The number of ether oxygens (including phenoxy) is 2. The standard InChI is InChI=1S/C15H23O2.3CH3.Sn/c1-14(2)11-7-8-15(14,3)12(10-11)17-13-6-4-5-9-16-13;;;;/h8,11-13H,4-6,9-10H2,1-3H3;3*1H3;/t11-,12+,13?,15+;;;;/m0..../s1. The van der Waals surface area contributed by atoms with Gasteiger partial charge in [-0.15, -0.1) is 0 Å². The first-order valence-corrected chi connectivity index (χ1v) is 18.7. The number of rotatable bonds is 3. The van der Waals surface area contributed by atoms with Crippen molar-refractivity contribution in [2.75, 3.05) is 6.61 Å². The van der Waals surface area contributed by atoms with Crippen molar-refractivity contribution < 1.29 is 9.47 Å². The molecule has 2 fully saturated rings. The van der Waals surface area contributed by atoms with Crippen LogP contribution < -0.4 is 0 Å². The quantitative estimate of drug-likeness (QED) is 0.637. The first-order chi connectivity index (χ1) is 9.66. The van der Waals surface area contributed by atoms with Gasteiger partial charge in [0.05, 0.1) is 0 Å². The predicted molar refractivity (Wildman–Crippen MR) is 89.9 cm³/mol.